The van der Waals surface area contributed by atoms with Crippen LogP contribution in [0.3, 0.4) is 0 Å². The molecule has 6 rings (SSSR count). The zero-order valence-corrected chi connectivity index (χ0v) is 12.4. The average Bonchev–Trinajstić information content (AvgIpc) is 2.60. The van der Waals surface area contributed by atoms with Crippen molar-refractivity contribution in [2.24, 2.45) is 0 Å². The molecular weight excluding hydrogens is 268 g/mol. The molecule has 0 aromatic heterocycles. The van der Waals surface area contributed by atoms with E-state index < -0.39 is 0 Å². The number of methoxy groups -OCH3 is 1. The lowest BCUT2D eigenvalue weighted by atomic mass is 9.61. The van der Waals surface area contributed by atoms with Gasteiger partial charge in [0.25, 0.3) is 0 Å². The van der Waals surface area contributed by atoms with Crippen LogP contribution in [0.2, 0.25) is 0 Å². The predicted octanol–water partition coefficient (Wildman–Crippen LogP) is 4.68. The Balaban J connectivity index is 1.87. The molecule has 0 atom stereocenters. The fourth-order valence-corrected chi connectivity index (χ4v) is 4.27. The van der Waals surface area contributed by atoms with E-state index in [1.807, 2.05) is 0 Å². The van der Waals surface area contributed by atoms with E-state index in [0.717, 1.165) is 5.75 Å². The summed E-state index contributed by atoms with van der Waals surface area (Å²) >= 11 is 0. The molecule has 0 saturated heterocycles. The summed E-state index contributed by atoms with van der Waals surface area (Å²) < 4.78 is 5.46. The van der Waals surface area contributed by atoms with Gasteiger partial charge in [0, 0.05) is 11.8 Å². The van der Waals surface area contributed by atoms with Crippen LogP contribution in [0.25, 0.3) is 0 Å². The van der Waals surface area contributed by atoms with E-state index in [2.05, 4.69) is 66.7 Å². The summed E-state index contributed by atoms with van der Waals surface area (Å²) in [7, 11) is 1.74. The van der Waals surface area contributed by atoms with Gasteiger partial charge in [0.1, 0.15) is 5.75 Å². The van der Waals surface area contributed by atoms with E-state index in [1.165, 1.54) is 33.4 Å². The monoisotopic (exact) mass is 284 g/mol. The lowest BCUT2D eigenvalue weighted by Crippen LogP contribution is -2.27. The predicted molar refractivity (Wildman–Crippen MR) is 87.8 cm³/mol. The summed E-state index contributed by atoms with van der Waals surface area (Å²) in [5.41, 5.74) is 8.66. The smallest absolute Gasteiger partial charge is 0.119 e. The Labute approximate surface area is 130 Å². The van der Waals surface area contributed by atoms with Crippen LogP contribution in [0.5, 0.6) is 5.75 Å². The molecule has 0 unspecified atom stereocenters. The third-order valence-electron chi connectivity index (χ3n) is 5.15. The van der Waals surface area contributed by atoms with Crippen molar-refractivity contribution in [1.29, 1.82) is 0 Å². The van der Waals surface area contributed by atoms with E-state index in [9.17, 15) is 0 Å². The van der Waals surface area contributed by atoms with Crippen LogP contribution in [0.4, 0.5) is 0 Å². The second-order valence-electron chi connectivity index (χ2n) is 6.12. The first-order chi connectivity index (χ1) is 10.9. The third-order valence-corrected chi connectivity index (χ3v) is 5.15. The first-order valence-corrected chi connectivity index (χ1v) is 7.74. The summed E-state index contributed by atoms with van der Waals surface area (Å²) in [4.78, 5) is 0. The van der Waals surface area contributed by atoms with Gasteiger partial charge >= 0.3 is 0 Å². The van der Waals surface area contributed by atoms with Gasteiger partial charge in [-0.3, -0.25) is 0 Å². The van der Waals surface area contributed by atoms with Crippen LogP contribution in [0, 0.1) is 0 Å². The Hall–Kier alpha value is -2.54. The fraction of sp³-hybridized carbons (Fsp3) is 0.143. The van der Waals surface area contributed by atoms with Crippen molar-refractivity contribution in [2.45, 2.75) is 11.8 Å². The van der Waals surface area contributed by atoms with E-state index in [4.69, 9.17) is 4.74 Å². The molecule has 22 heavy (non-hydrogen) atoms. The average molecular weight is 284 g/mol. The quantitative estimate of drug-likeness (QED) is 0.434. The Kier molecular flexibility index (Phi) is 2.32. The van der Waals surface area contributed by atoms with Crippen LogP contribution < -0.4 is 4.74 Å². The largest absolute Gasteiger partial charge is 0.497 e. The van der Waals surface area contributed by atoms with Crippen LogP contribution in [-0.4, -0.2) is 7.11 Å². The molecule has 1 nitrogen and oxygen atoms in total. The van der Waals surface area contributed by atoms with Crippen molar-refractivity contribution in [3.8, 4) is 5.75 Å². The molecule has 0 saturated carbocycles. The topological polar surface area (TPSA) is 9.23 Å². The van der Waals surface area contributed by atoms with Gasteiger partial charge in [0.2, 0.25) is 0 Å². The van der Waals surface area contributed by atoms with Crippen molar-refractivity contribution in [3.63, 3.8) is 0 Å². The first kappa shape index (κ1) is 12.0. The maximum Gasteiger partial charge on any atom is 0.119 e. The highest BCUT2D eigenvalue weighted by Gasteiger charge is 2.40. The molecular formula is C21H16O. The van der Waals surface area contributed by atoms with Gasteiger partial charge in [-0.05, 0) is 45.5 Å². The van der Waals surface area contributed by atoms with Crippen LogP contribution >= 0.6 is 0 Å². The maximum absolute atomic E-state index is 5.46. The summed E-state index contributed by atoms with van der Waals surface area (Å²) in [5.74, 6) is 1.64. The number of ether oxygens (including phenoxy) is 1. The summed E-state index contributed by atoms with van der Waals surface area (Å²) in [6.07, 6.45) is 0. The summed E-state index contributed by atoms with van der Waals surface area (Å²) in [6.45, 7) is 0. The Morgan fingerprint density at radius 1 is 0.591 bits per heavy atom. The van der Waals surface area contributed by atoms with Crippen LogP contribution in [0.1, 0.15) is 45.2 Å². The molecule has 3 aliphatic rings. The van der Waals surface area contributed by atoms with Crippen LogP contribution in [0.15, 0.2) is 66.7 Å². The number of hydrogen-bond donors (Lipinski definition) is 0. The normalized spacial score (nSPS) is 20.0. The highest BCUT2D eigenvalue weighted by atomic mass is 16.5. The SMILES string of the molecule is COc1ccc2c(c1)C1c3ccccc3C2c2ccccc21. The van der Waals surface area contributed by atoms with Crippen LogP contribution in [-0.2, 0) is 0 Å². The van der Waals surface area contributed by atoms with E-state index in [-0.39, 0.29) is 0 Å². The molecule has 0 heterocycles. The van der Waals surface area contributed by atoms with E-state index in [0.29, 0.717) is 11.8 Å². The van der Waals surface area contributed by atoms with Crippen molar-refractivity contribution < 1.29 is 4.74 Å². The van der Waals surface area contributed by atoms with Gasteiger partial charge in [0.15, 0.2) is 0 Å². The molecule has 1 heteroatoms. The maximum atomic E-state index is 5.46. The number of benzene rings is 3. The molecule has 0 aliphatic heterocycles. The highest BCUT2D eigenvalue weighted by Crippen LogP contribution is 2.55. The minimum absolute atomic E-state index is 0.336. The zero-order chi connectivity index (χ0) is 14.7. The standard InChI is InChI=1S/C21H16O/c1-22-13-10-11-18-19(12-13)21-16-8-4-2-6-14(16)20(18)15-7-3-5-9-17(15)21/h2-12,20-21H,1H3. The Bertz CT molecular complexity index is 846. The lowest BCUT2D eigenvalue weighted by molar-refractivity contribution is 0.413. The minimum Gasteiger partial charge on any atom is -0.497 e. The van der Waals surface area contributed by atoms with E-state index >= 15 is 0 Å². The van der Waals surface area contributed by atoms with E-state index in [1.54, 1.807) is 7.11 Å². The van der Waals surface area contributed by atoms with Gasteiger partial charge < -0.3 is 4.74 Å². The molecule has 0 amide bonds. The molecule has 0 fully saturated rings. The molecule has 3 aromatic rings. The lowest BCUT2D eigenvalue weighted by Gasteiger charge is -2.42. The molecule has 0 radical (unpaired) electrons. The van der Waals surface area contributed by atoms with Gasteiger partial charge in [0.05, 0.1) is 7.11 Å². The number of rotatable bonds is 1. The van der Waals surface area contributed by atoms with Crippen molar-refractivity contribution in [2.75, 3.05) is 7.11 Å². The van der Waals surface area contributed by atoms with Crippen molar-refractivity contribution >= 4 is 0 Å². The Morgan fingerprint density at radius 2 is 1.05 bits per heavy atom. The Morgan fingerprint density at radius 3 is 1.55 bits per heavy atom. The van der Waals surface area contributed by atoms with Crippen molar-refractivity contribution in [1.82, 2.24) is 0 Å². The molecule has 3 aliphatic carbocycles. The van der Waals surface area contributed by atoms with Crippen molar-refractivity contribution in [3.05, 3.63) is 100 Å². The summed E-state index contributed by atoms with van der Waals surface area (Å²) in [6, 6.07) is 24.3. The molecule has 3 aromatic carbocycles. The molecule has 0 spiro atoms. The summed E-state index contributed by atoms with van der Waals surface area (Å²) in [5, 5.41) is 0. The van der Waals surface area contributed by atoms with Gasteiger partial charge in [-0.2, -0.15) is 0 Å². The second kappa shape index (κ2) is 4.23. The molecule has 0 N–H and O–H groups in total. The number of hydrogen-bond acceptors (Lipinski definition) is 1. The minimum atomic E-state index is 0.336. The molecule has 2 bridgehead atoms. The first-order valence-electron chi connectivity index (χ1n) is 7.74. The second-order valence-corrected chi connectivity index (χ2v) is 6.12. The van der Waals surface area contributed by atoms with Gasteiger partial charge in [-0.1, -0.05) is 54.6 Å². The zero-order valence-electron chi connectivity index (χ0n) is 12.4. The van der Waals surface area contributed by atoms with Gasteiger partial charge in [-0.25, -0.2) is 0 Å². The van der Waals surface area contributed by atoms with Gasteiger partial charge in [-0.15, -0.1) is 0 Å². The third kappa shape index (κ3) is 1.38. The highest BCUT2D eigenvalue weighted by molar-refractivity contribution is 5.68. The molecule has 106 valence electrons. The fourth-order valence-electron chi connectivity index (χ4n) is 4.27.